The van der Waals surface area contributed by atoms with Gasteiger partial charge in [0, 0.05) is 18.5 Å². The predicted octanol–water partition coefficient (Wildman–Crippen LogP) is 1.79. The Morgan fingerprint density at radius 1 is 1.50 bits per heavy atom. The van der Waals surface area contributed by atoms with Gasteiger partial charge in [-0.25, -0.2) is 0 Å². The Bertz CT molecular complexity index is 516. The van der Waals surface area contributed by atoms with Crippen molar-refractivity contribution in [3.8, 4) is 0 Å². The number of benzene rings is 1. The summed E-state index contributed by atoms with van der Waals surface area (Å²) in [5.41, 5.74) is 1.62. The molecule has 0 radical (unpaired) electrons. The fourth-order valence-corrected chi connectivity index (χ4v) is 1.65. The number of nitro benzene ring substituents is 1. The van der Waals surface area contributed by atoms with E-state index in [-0.39, 0.29) is 10.6 Å². The molecule has 2 aromatic rings. The monoisotopic (exact) mass is 191 g/mol. The molecule has 1 aromatic carbocycles. The molecule has 5 nitrogen and oxygen atoms in total. The Balaban J connectivity index is 2.86. The largest absolute Gasteiger partial charge is 0.274 e. The Hall–Kier alpha value is -1.91. The maximum Gasteiger partial charge on any atom is 0.274 e. The highest BCUT2D eigenvalue weighted by Gasteiger charge is 2.14. The lowest BCUT2D eigenvalue weighted by Crippen LogP contribution is -1.96. The number of nitrogens with zero attached hydrogens (tertiary/aromatic N) is 3. The van der Waals surface area contributed by atoms with Crippen LogP contribution in [0.5, 0.6) is 0 Å². The van der Waals surface area contributed by atoms with Crippen molar-refractivity contribution in [2.24, 2.45) is 7.05 Å². The van der Waals surface area contributed by atoms with E-state index in [0.717, 1.165) is 10.9 Å². The van der Waals surface area contributed by atoms with Crippen LogP contribution in [-0.4, -0.2) is 14.7 Å². The van der Waals surface area contributed by atoms with Crippen LogP contribution in [0.25, 0.3) is 10.9 Å². The number of hydrogen-bond acceptors (Lipinski definition) is 3. The molecule has 0 spiro atoms. The van der Waals surface area contributed by atoms with E-state index < -0.39 is 0 Å². The maximum atomic E-state index is 10.7. The first-order chi connectivity index (χ1) is 6.61. The highest BCUT2D eigenvalue weighted by molar-refractivity contribution is 5.85. The molecule has 0 atom stereocenters. The Morgan fingerprint density at radius 3 is 2.86 bits per heavy atom. The standard InChI is InChI=1S/C9H9N3O2/c1-6-8(12(13)14)4-3-7-5-10-11(2)9(6)7/h3-5H,1-2H3. The van der Waals surface area contributed by atoms with Crippen LogP contribution in [-0.2, 0) is 7.05 Å². The molecule has 0 saturated heterocycles. The van der Waals surface area contributed by atoms with Gasteiger partial charge in [0.1, 0.15) is 0 Å². The average molecular weight is 191 g/mol. The second-order valence-corrected chi connectivity index (χ2v) is 3.17. The molecule has 5 heteroatoms. The fraction of sp³-hybridized carbons (Fsp3) is 0.222. The Kier molecular flexibility index (Phi) is 1.73. The van der Waals surface area contributed by atoms with E-state index in [1.165, 1.54) is 6.07 Å². The summed E-state index contributed by atoms with van der Waals surface area (Å²) in [6.07, 6.45) is 1.70. The smallest absolute Gasteiger partial charge is 0.267 e. The molecule has 72 valence electrons. The van der Waals surface area contributed by atoms with E-state index >= 15 is 0 Å². The fourth-order valence-electron chi connectivity index (χ4n) is 1.65. The molecule has 0 bridgehead atoms. The third-order valence-electron chi connectivity index (χ3n) is 2.32. The SMILES string of the molecule is Cc1c([N+](=O)[O-])ccc2cnn(C)c12. The molecule has 0 fully saturated rings. The topological polar surface area (TPSA) is 61.0 Å². The van der Waals surface area contributed by atoms with Crippen LogP contribution < -0.4 is 0 Å². The van der Waals surface area contributed by atoms with E-state index in [1.807, 2.05) is 0 Å². The van der Waals surface area contributed by atoms with E-state index in [9.17, 15) is 10.1 Å². The highest BCUT2D eigenvalue weighted by atomic mass is 16.6. The van der Waals surface area contributed by atoms with Gasteiger partial charge >= 0.3 is 0 Å². The lowest BCUT2D eigenvalue weighted by atomic mass is 10.1. The van der Waals surface area contributed by atoms with Gasteiger partial charge in [0.15, 0.2) is 0 Å². The molecule has 0 unspecified atom stereocenters. The molecule has 0 N–H and O–H groups in total. The summed E-state index contributed by atoms with van der Waals surface area (Å²) in [5.74, 6) is 0. The van der Waals surface area contributed by atoms with Crippen LogP contribution in [0.4, 0.5) is 5.69 Å². The first-order valence-corrected chi connectivity index (χ1v) is 4.17. The molecule has 0 saturated carbocycles. The molecule has 2 rings (SSSR count). The molecule has 0 aliphatic rings. The van der Waals surface area contributed by atoms with Crippen molar-refractivity contribution in [1.29, 1.82) is 0 Å². The van der Waals surface area contributed by atoms with Crippen LogP contribution in [0, 0.1) is 17.0 Å². The van der Waals surface area contributed by atoms with Crippen molar-refractivity contribution < 1.29 is 4.92 Å². The normalized spacial score (nSPS) is 10.7. The summed E-state index contributed by atoms with van der Waals surface area (Å²) in [7, 11) is 1.78. The quantitative estimate of drug-likeness (QED) is 0.510. The van der Waals surface area contributed by atoms with Gasteiger partial charge < -0.3 is 0 Å². The van der Waals surface area contributed by atoms with Crippen molar-refractivity contribution in [1.82, 2.24) is 9.78 Å². The zero-order valence-electron chi connectivity index (χ0n) is 7.89. The first-order valence-electron chi connectivity index (χ1n) is 4.17. The van der Waals surface area contributed by atoms with Crippen molar-refractivity contribution in [3.63, 3.8) is 0 Å². The third kappa shape index (κ3) is 1.06. The summed E-state index contributed by atoms with van der Waals surface area (Å²) in [6.45, 7) is 1.74. The molecule has 0 amide bonds. The van der Waals surface area contributed by atoms with Crippen LogP contribution >= 0.6 is 0 Å². The second-order valence-electron chi connectivity index (χ2n) is 3.17. The predicted molar refractivity (Wildman–Crippen MR) is 52.1 cm³/mol. The number of fused-ring (bicyclic) bond motifs is 1. The number of nitro groups is 1. The minimum Gasteiger partial charge on any atom is -0.267 e. The van der Waals surface area contributed by atoms with Crippen molar-refractivity contribution in [2.75, 3.05) is 0 Å². The van der Waals surface area contributed by atoms with Gasteiger partial charge in [-0.05, 0) is 13.0 Å². The number of hydrogen-bond donors (Lipinski definition) is 0. The Morgan fingerprint density at radius 2 is 2.21 bits per heavy atom. The minimum absolute atomic E-state index is 0.140. The second kappa shape index (κ2) is 2.80. The van der Waals surface area contributed by atoms with Gasteiger partial charge in [-0.3, -0.25) is 14.8 Å². The van der Waals surface area contributed by atoms with Crippen LogP contribution in [0.15, 0.2) is 18.3 Å². The van der Waals surface area contributed by atoms with Crippen molar-refractivity contribution in [2.45, 2.75) is 6.92 Å². The zero-order chi connectivity index (χ0) is 10.3. The van der Waals surface area contributed by atoms with Gasteiger partial charge in [0.25, 0.3) is 5.69 Å². The van der Waals surface area contributed by atoms with Crippen LogP contribution in [0.3, 0.4) is 0 Å². The van der Waals surface area contributed by atoms with Gasteiger partial charge in [0.2, 0.25) is 0 Å². The van der Waals surface area contributed by atoms with Crippen molar-refractivity contribution in [3.05, 3.63) is 34.0 Å². The molecular weight excluding hydrogens is 182 g/mol. The number of aryl methyl sites for hydroxylation is 2. The van der Waals surface area contributed by atoms with Gasteiger partial charge in [0.05, 0.1) is 22.2 Å². The average Bonchev–Trinajstić information content (AvgIpc) is 2.48. The highest BCUT2D eigenvalue weighted by Crippen LogP contribution is 2.25. The maximum absolute atomic E-state index is 10.7. The number of aromatic nitrogens is 2. The first kappa shape index (κ1) is 8.68. The molecule has 1 aromatic heterocycles. The van der Waals surface area contributed by atoms with E-state index in [1.54, 1.807) is 30.9 Å². The van der Waals surface area contributed by atoms with E-state index in [4.69, 9.17) is 0 Å². The van der Waals surface area contributed by atoms with E-state index in [2.05, 4.69) is 5.10 Å². The minimum atomic E-state index is -0.373. The summed E-state index contributed by atoms with van der Waals surface area (Å²) in [5, 5.41) is 15.7. The van der Waals surface area contributed by atoms with Crippen molar-refractivity contribution >= 4 is 16.6 Å². The molecule has 1 heterocycles. The lowest BCUT2D eigenvalue weighted by molar-refractivity contribution is -0.385. The summed E-state index contributed by atoms with van der Waals surface area (Å²) in [6, 6.07) is 3.23. The van der Waals surface area contributed by atoms with Gasteiger partial charge in [-0.15, -0.1) is 0 Å². The molecule has 0 aliphatic heterocycles. The zero-order valence-corrected chi connectivity index (χ0v) is 7.89. The summed E-state index contributed by atoms with van der Waals surface area (Å²) in [4.78, 5) is 10.3. The van der Waals surface area contributed by atoms with Gasteiger partial charge in [-0.2, -0.15) is 5.10 Å². The molecule has 14 heavy (non-hydrogen) atoms. The van der Waals surface area contributed by atoms with Crippen LogP contribution in [0.1, 0.15) is 5.56 Å². The Labute approximate surface area is 80.1 Å². The summed E-state index contributed by atoms with van der Waals surface area (Å²) >= 11 is 0. The van der Waals surface area contributed by atoms with E-state index in [0.29, 0.717) is 5.56 Å². The van der Waals surface area contributed by atoms with Crippen LogP contribution in [0.2, 0.25) is 0 Å². The molecular formula is C9H9N3O2. The molecule has 0 aliphatic carbocycles. The third-order valence-corrected chi connectivity index (χ3v) is 2.32. The number of rotatable bonds is 1. The van der Waals surface area contributed by atoms with Gasteiger partial charge in [-0.1, -0.05) is 0 Å². The summed E-state index contributed by atoms with van der Waals surface area (Å²) < 4.78 is 1.65. The lowest BCUT2D eigenvalue weighted by Gasteiger charge is -2.00.